The number of allylic oxidation sites excluding steroid dienone is 1. The van der Waals surface area contributed by atoms with Gasteiger partial charge in [0.05, 0.1) is 10.9 Å². The number of aromatic nitrogens is 2. The van der Waals surface area contributed by atoms with E-state index in [1.807, 2.05) is 31.2 Å². The van der Waals surface area contributed by atoms with E-state index in [-0.39, 0.29) is 23.7 Å². The molecule has 0 bridgehead atoms. The average molecular weight is 406 g/mol. The first-order chi connectivity index (χ1) is 14.5. The molecular weight excluding hydrogens is 378 g/mol. The number of rotatable bonds is 6. The number of ketones is 1. The van der Waals surface area contributed by atoms with Crippen molar-refractivity contribution in [2.45, 2.75) is 44.7 Å². The van der Waals surface area contributed by atoms with E-state index in [0.29, 0.717) is 28.0 Å². The van der Waals surface area contributed by atoms with Gasteiger partial charge in [-0.3, -0.25) is 4.79 Å². The first kappa shape index (κ1) is 20.0. The van der Waals surface area contributed by atoms with Gasteiger partial charge in [0.15, 0.2) is 11.7 Å². The Kier molecular flexibility index (Phi) is 5.46. The number of aromatic amines is 1. The van der Waals surface area contributed by atoms with E-state index in [9.17, 15) is 9.90 Å². The first-order valence-corrected chi connectivity index (χ1v) is 10.2. The van der Waals surface area contributed by atoms with Crippen LogP contribution in [0.15, 0.2) is 43.1 Å². The van der Waals surface area contributed by atoms with Crippen LogP contribution in [0.5, 0.6) is 5.88 Å². The van der Waals surface area contributed by atoms with Crippen LogP contribution in [0.3, 0.4) is 0 Å². The van der Waals surface area contributed by atoms with Crippen LogP contribution in [0, 0.1) is 6.92 Å². The molecule has 156 valence electrons. The van der Waals surface area contributed by atoms with Crippen molar-refractivity contribution in [3.05, 3.63) is 54.2 Å². The lowest BCUT2D eigenvalue weighted by atomic mass is 9.90. The smallest absolute Gasteiger partial charge is 0.200 e. The van der Waals surface area contributed by atoms with Crippen molar-refractivity contribution in [2.24, 2.45) is 5.73 Å². The number of carbonyl (C=O) groups is 1. The quantitative estimate of drug-likeness (QED) is 0.307. The predicted molar refractivity (Wildman–Crippen MR) is 121 cm³/mol. The average Bonchev–Trinajstić information content (AvgIpc) is 3.11. The van der Waals surface area contributed by atoms with Crippen LogP contribution < -0.4 is 16.4 Å². The van der Waals surface area contributed by atoms with Crippen molar-refractivity contribution >= 4 is 33.9 Å². The summed E-state index contributed by atoms with van der Waals surface area (Å²) in [5.41, 5.74) is 8.64. The molecule has 1 aliphatic rings. The molecule has 2 heterocycles. The molecule has 7 nitrogen and oxygen atoms in total. The molecule has 1 aromatic carbocycles. The second kappa shape index (κ2) is 8.20. The molecule has 6 N–H and O–H groups in total. The number of benzene rings is 1. The number of anilines is 3. The van der Waals surface area contributed by atoms with Crippen molar-refractivity contribution < 1.29 is 9.90 Å². The molecule has 2 atom stereocenters. The summed E-state index contributed by atoms with van der Waals surface area (Å²) in [7, 11) is 0. The molecule has 4 rings (SSSR count). The third-order valence-corrected chi connectivity index (χ3v) is 5.68. The zero-order chi connectivity index (χ0) is 21.3. The van der Waals surface area contributed by atoms with Crippen LogP contribution in [-0.4, -0.2) is 32.9 Å². The Balaban J connectivity index is 1.85. The minimum atomic E-state index is -0.263. The molecule has 1 saturated carbocycles. The van der Waals surface area contributed by atoms with Crippen molar-refractivity contribution in [1.29, 1.82) is 0 Å². The van der Waals surface area contributed by atoms with Gasteiger partial charge in [-0.1, -0.05) is 31.6 Å². The van der Waals surface area contributed by atoms with Crippen LogP contribution in [0.2, 0.25) is 0 Å². The maximum Gasteiger partial charge on any atom is 0.200 e. The number of H-pyrrole nitrogens is 1. The Morgan fingerprint density at radius 2 is 2.13 bits per heavy atom. The summed E-state index contributed by atoms with van der Waals surface area (Å²) in [6, 6.07) is 7.89. The van der Waals surface area contributed by atoms with Gasteiger partial charge in [-0.15, -0.1) is 0 Å². The molecule has 0 radical (unpaired) electrons. The number of fused-ring (bicyclic) bond motifs is 1. The van der Waals surface area contributed by atoms with E-state index in [0.717, 1.165) is 36.9 Å². The van der Waals surface area contributed by atoms with E-state index in [1.165, 1.54) is 6.08 Å². The fourth-order valence-corrected chi connectivity index (χ4v) is 4.12. The minimum absolute atomic E-state index is 0.00394. The lowest BCUT2D eigenvalue weighted by Crippen LogP contribution is -2.43. The SMILES string of the molecule is C=CC(=O)c1c(N[C@@H]2CCCC[C@@H]2N)nc(Nc2cccc(C)c2)c2c(O)[nH]cc12. The second-order valence-electron chi connectivity index (χ2n) is 7.87. The Labute approximate surface area is 175 Å². The molecule has 7 heteroatoms. The van der Waals surface area contributed by atoms with Crippen molar-refractivity contribution in [3.8, 4) is 5.88 Å². The number of nitrogens with one attached hydrogen (secondary N) is 3. The Morgan fingerprint density at radius 1 is 1.33 bits per heavy atom. The lowest BCUT2D eigenvalue weighted by molar-refractivity contribution is 0.104. The Morgan fingerprint density at radius 3 is 2.87 bits per heavy atom. The van der Waals surface area contributed by atoms with Crippen LogP contribution in [0.1, 0.15) is 41.6 Å². The molecule has 1 aliphatic carbocycles. The zero-order valence-corrected chi connectivity index (χ0v) is 17.0. The summed E-state index contributed by atoms with van der Waals surface area (Å²) in [4.78, 5) is 20.3. The Hall–Kier alpha value is -3.32. The molecule has 0 spiro atoms. The fraction of sp³-hybridized carbons (Fsp3) is 0.304. The third kappa shape index (κ3) is 3.76. The molecule has 1 fully saturated rings. The third-order valence-electron chi connectivity index (χ3n) is 5.68. The van der Waals surface area contributed by atoms with Crippen LogP contribution in [-0.2, 0) is 0 Å². The summed E-state index contributed by atoms with van der Waals surface area (Å²) in [6.45, 7) is 5.64. The van der Waals surface area contributed by atoms with Crippen molar-refractivity contribution in [1.82, 2.24) is 9.97 Å². The highest BCUT2D eigenvalue weighted by Gasteiger charge is 2.27. The van der Waals surface area contributed by atoms with E-state index in [1.54, 1.807) is 6.20 Å². The molecule has 0 saturated heterocycles. The maximum absolute atomic E-state index is 12.7. The van der Waals surface area contributed by atoms with Crippen molar-refractivity contribution in [3.63, 3.8) is 0 Å². The largest absolute Gasteiger partial charge is 0.494 e. The van der Waals surface area contributed by atoms with E-state index < -0.39 is 0 Å². The topological polar surface area (TPSA) is 116 Å². The fourth-order valence-electron chi connectivity index (χ4n) is 4.12. The molecule has 30 heavy (non-hydrogen) atoms. The van der Waals surface area contributed by atoms with Crippen LogP contribution >= 0.6 is 0 Å². The number of aryl methyl sites for hydroxylation is 1. The number of pyridine rings is 1. The standard InChI is InChI=1S/C23H27N5O2/c1-3-18(29)19-15-12-25-23(30)20(15)22(26-14-8-6-7-13(2)11-14)28-21(19)27-17-10-5-4-9-16(17)24/h3,6-8,11-12,16-17,25,27,30H,1,4-5,9-10,24H2,2H3,(H,26,28)/t16-,17+/m0/s1. The van der Waals surface area contributed by atoms with Gasteiger partial charge in [0.25, 0.3) is 0 Å². The number of nitrogens with zero attached hydrogens (tertiary/aromatic N) is 1. The zero-order valence-electron chi connectivity index (χ0n) is 17.0. The number of hydrogen-bond donors (Lipinski definition) is 5. The van der Waals surface area contributed by atoms with Gasteiger partial charge in [0.2, 0.25) is 0 Å². The second-order valence-corrected chi connectivity index (χ2v) is 7.87. The maximum atomic E-state index is 12.7. The molecular formula is C23H27N5O2. The lowest BCUT2D eigenvalue weighted by Gasteiger charge is -2.30. The van der Waals surface area contributed by atoms with Gasteiger partial charge in [-0.25, -0.2) is 4.98 Å². The number of aromatic hydroxyl groups is 1. The van der Waals surface area contributed by atoms with E-state index in [2.05, 4.69) is 22.2 Å². The van der Waals surface area contributed by atoms with Gasteiger partial charge >= 0.3 is 0 Å². The summed E-state index contributed by atoms with van der Waals surface area (Å²) in [6.07, 6.45) is 6.93. The number of hydrogen-bond acceptors (Lipinski definition) is 6. The monoisotopic (exact) mass is 405 g/mol. The van der Waals surface area contributed by atoms with Gasteiger partial charge < -0.3 is 26.5 Å². The van der Waals surface area contributed by atoms with E-state index in [4.69, 9.17) is 10.7 Å². The highest BCUT2D eigenvalue weighted by atomic mass is 16.3. The van der Waals surface area contributed by atoms with Gasteiger partial charge in [0.1, 0.15) is 11.6 Å². The molecule has 0 unspecified atom stereocenters. The molecule has 0 amide bonds. The summed E-state index contributed by atoms with van der Waals surface area (Å²) >= 11 is 0. The van der Waals surface area contributed by atoms with Gasteiger partial charge in [-0.2, -0.15) is 0 Å². The summed E-state index contributed by atoms with van der Waals surface area (Å²) in [5.74, 6) is 0.595. The number of nitrogens with two attached hydrogens (primary N) is 1. The van der Waals surface area contributed by atoms with Crippen molar-refractivity contribution in [2.75, 3.05) is 10.6 Å². The molecule has 0 aliphatic heterocycles. The van der Waals surface area contributed by atoms with Crippen LogP contribution in [0.25, 0.3) is 10.8 Å². The summed E-state index contributed by atoms with van der Waals surface area (Å²) < 4.78 is 0. The van der Waals surface area contributed by atoms with Gasteiger partial charge in [0, 0.05) is 29.4 Å². The summed E-state index contributed by atoms with van der Waals surface area (Å²) in [5, 5.41) is 18.2. The van der Waals surface area contributed by atoms with Gasteiger partial charge in [-0.05, 0) is 43.5 Å². The van der Waals surface area contributed by atoms with Crippen LogP contribution in [0.4, 0.5) is 17.3 Å². The van der Waals surface area contributed by atoms with E-state index >= 15 is 0 Å². The molecule has 3 aromatic rings. The predicted octanol–water partition coefficient (Wildman–Crippen LogP) is 4.37. The normalized spacial score (nSPS) is 18.9. The highest BCUT2D eigenvalue weighted by Crippen LogP contribution is 2.38. The first-order valence-electron chi connectivity index (χ1n) is 10.2. The number of carbonyl (C=O) groups excluding carboxylic acids is 1. The Bertz CT molecular complexity index is 1100. The minimum Gasteiger partial charge on any atom is -0.494 e. The molecule has 2 aromatic heterocycles. The highest BCUT2D eigenvalue weighted by molar-refractivity contribution is 6.19.